The molecule has 0 spiro atoms. The molecule has 1 unspecified atom stereocenters. The number of hydrogen-bond acceptors (Lipinski definition) is 6. The molecule has 19 heavy (non-hydrogen) atoms. The zero-order valence-corrected chi connectivity index (χ0v) is 10.9. The van der Waals surface area contributed by atoms with E-state index in [1.54, 1.807) is 0 Å². The summed E-state index contributed by atoms with van der Waals surface area (Å²) in [5.41, 5.74) is 1.82. The molecule has 6 nitrogen and oxygen atoms in total. The Bertz CT molecular complexity index is 474. The second-order valence-corrected chi connectivity index (χ2v) is 4.34. The Balaban J connectivity index is 1.94. The third-order valence-electron chi connectivity index (χ3n) is 2.88. The molecule has 0 saturated heterocycles. The van der Waals surface area contributed by atoms with Gasteiger partial charge in [-0.1, -0.05) is 0 Å². The highest BCUT2D eigenvalue weighted by Gasteiger charge is 2.16. The number of hydrogen-bond donors (Lipinski definition) is 2. The molecule has 1 atom stereocenters. The van der Waals surface area contributed by atoms with Crippen LogP contribution in [0.3, 0.4) is 0 Å². The van der Waals surface area contributed by atoms with Gasteiger partial charge in [0.15, 0.2) is 11.5 Å². The second kappa shape index (κ2) is 5.79. The number of nitrogens with one attached hydrogen (secondary N) is 1. The summed E-state index contributed by atoms with van der Waals surface area (Å²) in [4.78, 5) is 11.0. The standard InChI is InChI=1S/C13H17NO5/c1-8-3-11-12(19-7-18-11)5-10(8)14-6-9(15)4-13(16)17-2/h3,5,9,14-15H,4,6-7H2,1-2H3. The van der Waals surface area contributed by atoms with Gasteiger partial charge in [0.25, 0.3) is 0 Å². The Morgan fingerprint density at radius 2 is 2.16 bits per heavy atom. The first-order chi connectivity index (χ1) is 9.10. The van der Waals surface area contributed by atoms with Crippen molar-refractivity contribution in [1.82, 2.24) is 0 Å². The van der Waals surface area contributed by atoms with E-state index in [1.807, 2.05) is 19.1 Å². The molecule has 6 heteroatoms. The maximum Gasteiger partial charge on any atom is 0.308 e. The van der Waals surface area contributed by atoms with Crippen molar-refractivity contribution in [3.63, 3.8) is 0 Å². The molecule has 2 N–H and O–H groups in total. The molecule has 1 aromatic rings. The highest BCUT2D eigenvalue weighted by Crippen LogP contribution is 2.36. The summed E-state index contributed by atoms with van der Waals surface area (Å²) in [5, 5.41) is 12.8. The fourth-order valence-electron chi connectivity index (χ4n) is 1.81. The molecule has 0 aliphatic carbocycles. The van der Waals surface area contributed by atoms with E-state index < -0.39 is 12.1 Å². The van der Waals surface area contributed by atoms with Gasteiger partial charge in [-0.05, 0) is 18.6 Å². The number of aliphatic hydroxyl groups is 1. The van der Waals surface area contributed by atoms with Gasteiger partial charge in [-0.2, -0.15) is 0 Å². The van der Waals surface area contributed by atoms with Crippen molar-refractivity contribution >= 4 is 11.7 Å². The smallest absolute Gasteiger partial charge is 0.308 e. The highest BCUT2D eigenvalue weighted by atomic mass is 16.7. The van der Waals surface area contributed by atoms with Crippen LogP contribution in [0.2, 0.25) is 0 Å². The number of ether oxygens (including phenoxy) is 3. The SMILES string of the molecule is COC(=O)CC(O)CNc1cc2c(cc1C)OCO2. The van der Waals surface area contributed by atoms with E-state index in [4.69, 9.17) is 9.47 Å². The average Bonchev–Trinajstić information content (AvgIpc) is 2.82. The van der Waals surface area contributed by atoms with Gasteiger partial charge in [0.1, 0.15) is 0 Å². The van der Waals surface area contributed by atoms with Crippen molar-refractivity contribution in [1.29, 1.82) is 0 Å². The zero-order chi connectivity index (χ0) is 13.8. The van der Waals surface area contributed by atoms with Gasteiger partial charge in [-0.25, -0.2) is 0 Å². The summed E-state index contributed by atoms with van der Waals surface area (Å²) >= 11 is 0. The number of carbonyl (C=O) groups excluding carboxylic acids is 1. The molecule has 0 amide bonds. The molecule has 0 aromatic heterocycles. The molecule has 0 bridgehead atoms. The largest absolute Gasteiger partial charge is 0.469 e. The lowest BCUT2D eigenvalue weighted by Crippen LogP contribution is -2.23. The van der Waals surface area contributed by atoms with Crippen LogP contribution in [-0.2, 0) is 9.53 Å². The van der Waals surface area contributed by atoms with E-state index in [0.717, 1.165) is 17.0 Å². The molecule has 1 aliphatic rings. The van der Waals surface area contributed by atoms with E-state index >= 15 is 0 Å². The number of anilines is 1. The van der Waals surface area contributed by atoms with Gasteiger partial charge < -0.3 is 24.6 Å². The lowest BCUT2D eigenvalue weighted by Gasteiger charge is -2.14. The normalized spacial score (nSPS) is 14.1. The number of rotatable bonds is 5. The van der Waals surface area contributed by atoms with Gasteiger partial charge in [-0.3, -0.25) is 4.79 Å². The highest BCUT2D eigenvalue weighted by molar-refractivity contribution is 5.70. The molecule has 0 saturated carbocycles. The number of benzene rings is 1. The van der Waals surface area contributed by atoms with Crippen molar-refractivity contribution in [2.24, 2.45) is 0 Å². The van der Waals surface area contributed by atoms with Crippen molar-refractivity contribution < 1.29 is 24.1 Å². The summed E-state index contributed by atoms with van der Waals surface area (Å²) in [5.74, 6) is 0.963. The topological polar surface area (TPSA) is 77.0 Å². The van der Waals surface area contributed by atoms with E-state index in [-0.39, 0.29) is 19.8 Å². The first-order valence-corrected chi connectivity index (χ1v) is 5.99. The number of fused-ring (bicyclic) bond motifs is 1. The van der Waals surface area contributed by atoms with Crippen molar-refractivity contribution in [3.05, 3.63) is 17.7 Å². The molecule has 1 aliphatic heterocycles. The van der Waals surface area contributed by atoms with E-state index in [1.165, 1.54) is 7.11 Å². The predicted molar refractivity (Wildman–Crippen MR) is 68.4 cm³/mol. The molecule has 2 rings (SSSR count). The molecule has 104 valence electrons. The average molecular weight is 267 g/mol. The third-order valence-corrected chi connectivity index (χ3v) is 2.88. The zero-order valence-electron chi connectivity index (χ0n) is 10.9. The van der Waals surface area contributed by atoms with Gasteiger partial charge >= 0.3 is 5.97 Å². The Labute approximate surface area is 111 Å². The number of methoxy groups -OCH3 is 1. The molecule has 0 fully saturated rings. The molecule has 1 aromatic carbocycles. The minimum atomic E-state index is -0.794. The number of aryl methyl sites for hydroxylation is 1. The molecule has 1 heterocycles. The summed E-state index contributed by atoms with van der Waals surface area (Å²) in [7, 11) is 1.30. The van der Waals surface area contributed by atoms with Crippen molar-refractivity contribution in [2.75, 3.05) is 25.8 Å². The third kappa shape index (κ3) is 3.29. The lowest BCUT2D eigenvalue weighted by molar-refractivity contribution is -0.142. The van der Waals surface area contributed by atoms with E-state index in [9.17, 15) is 9.90 Å². The van der Waals surface area contributed by atoms with Crippen LogP contribution < -0.4 is 14.8 Å². The maximum absolute atomic E-state index is 11.0. The van der Waals surface area contributed by atoms with Crippen molar-refractivity contribution in [2.45, 2.75) is 19.4 Å². The molecule has 0 radical (unpaired) electrons. The number of aliphatic hydroxyl groups excluding tert-OH is 1. The van der Waals surface area contributed by atoms with E-state index in [2.05, 4.69) is 10.1 Å². The maximum atomic E-state index is 11.0. The van der Waals surface area contributed by atoms with E-state index in [0.29, 0.717) is 5.75 Å². The van der Waals surface area contributed by atoms with Gasteiger partial charge in [0.05, 0.1) is 19.6 Å². The summed E-state index contributed by atoms with van der Waals surface area (Å²) in [6.45, 7) is 2.41. The van der Waals surface area contributed by atoms with Crippen LogP contribution in [0.5, 0.6) is 11.5 Å². The second-order valence-electron chi connectivity index (χ2n) is 4.34. The summed E-state index contributed by atoms with van der Waals surface area (Å²) in [6, 6.07) is 3.69. The molecular weight excluding hydrogens is 250 g/mol. The van der Waals surface area contributed by atoms with Gasteiger partial charge in [0.2, 0.25) is 6.79 Å². The van der Waals surface area contributed by atoms with Gasteiger partial charge in [-0.15, -0.1) is 0 Å². The number of esters is 1. The summed E-state index contributed by atoms with van der Waals surface area (Å²) in [6.07, 6.45) is -0.829. The van der Waals surface area contributed by atoms with Crippen molar-refractivity contribution in [3.8, 4) is 11.5 Å². The first-order valence-electron chi connectivity index (χ1n) is 5.99. The van der Waals surface area contributed by atoms with Crippen LogP contribution in [0.15, 0.2) is 12.1 Å². The Hall–Kier alpha value is -1.95. The van der Waals surface area contributed by atoms with Crippen LogP contribution in [0.4, 0.5) is 5.69 Å². The van der Waals surface area contributed by atoms with Crippen LogP contribution in [0.25, 0.3) is 0 Å². The fourth-order valence-corrected chi connectivity index (χ4v) is 1.81. The number of carbonyl (C=O) groups is 1. The Morgan fingerprint density at radius 3 is 2.84 bits per heavy atom. The quantitative estimate of drug-likeness (QED) is 0.777. The molecular formula is C13H17NO5. The summed E-state index contributed by atoms with van der Waals surface area (Å²) < 4.78 is 15.0. The minimum absolute atomic E-state index is 0.0346. The van der Waals surface area contributed by atoms with Crippen LogP contribution >= 0.6 is 0 Å². The van der Waals surface area contributed by atoms with Gasteiger partial charge in [0, 0.05) is 18.3 Å². The first kappa shape index (κ1) is 13.5. The monoisotopic (exact) mass is 267 g/mol. The van der Waals surface area contributed by atoms with Crippen LogP contribution in [0.1, 0.15) is 12.0 Å². The fraction of sp³-hybridized carbons (Fsp3) is 0.462. The van der Waals surface area contributed by atoms with Crippen LogP contribution in [-0.4, -0.2) is 37.6 Å². The Kier molecular flexibility index (Phi) is 4.11. The Morgan fingerprint density at radius 1 is 1.47 bits per heavy atom. The minimum Gasteiger partial charge on any atom is -0.469 e. The lowest BCUT2D eigenvalue weighted by atomic mass is 10.1. The van der Waals surface area contributed by atoms with Crippen LogP contribution in [0, 0.1) is 6.92 Å². The predicted octanol–water partition coefficient (Wildman–Crippen LogP) is 1.06.